The van der Waals surface area contributed by atoms with Crippen LogP contribution in [0.1, 0.15) is 10.6 Å². The van der Waals surface area contributed by atoms with Crippen molar-refractivity contribution in [1.82, 2.24) is 9.88 Å². The van der Waals surface area contributed by atoms with Gasteiger partial charge in [-0.1, -0.05) is 12.1 Å². The molecule has 0 aliphatic carbocycles. The van der Waals surface area contributed by atoms with Crippen molar-refractivity contribution in [2.75, 3.05) is 37.0 Å². The van der Waals surface area contributed by atoms with Gasteiger partial charge in [0, 0.05) is 24.4 Å². The summed E-state index contributed by atoms with van der Waals surface area (Å²) >= 11 is 1.50. The molecule has 25 heavy (non-hydrogen) atoms. The minimum Gasteiger partial charge on any atom is -0.482 e. The van der Waals surface area contributed by atoms with Gasteiger partial charge in [0.25, 0.3) is 5.91 Å². The minimum absolute atomic E-state index is 0.0522. The molecule has 8 heteroatoms. The van der Waals surface area contributed by atoms with Crippen molar-refractivity contribution in [1.29, 1.82) is 0 Å². The number of hydrogen-bond acceptors (Lipinski definition) is 6. The average molecular weight is 358 g/mol. The molecule has 1 aromatic heterocycles. The maximum absolute atomic E-state index is 12.4. The lowest BCUT2D eigenvalue weighted by Crippen LogP contribution is -2.43. The summed E-state index contributed by atoms with van der Waals surface area (Å²) < 4.78 is 5.39. The van der Waals surface area contributed by atoms with E-state index < -0.39 is 0 Å². The Balaban J connectivity index is 1.47. The van der Waals surface area contributed by atoms with Crippen LogP contribution in [-0.2, 0) is 22.6 Å². The number of fused-ring (bicyclic) bond motifs is 2. The molecule has 1 aromatic carbocycles. The number of ether oxygens (including phenoxy) is 1. The van der Waals surface area contributed by atoms with Gasteiger partial charge in [-0.2, -0.15) is 0 Å². The molecule has 4 rings (SSSR count). The average Bonchev–Trinajstić information content (AvgIpc) is 2.98. The van der Waals surface area contributed by atoms with E-state index in [1.165, 1.54) is 21.1 Å². The number of anilines is 2. The molecule has 0 unspecified atom stereocenters. The lowest BCUT2D eigenvalue weighted by molar-refractivity contribution is -0.123. The van der Waals surface area contributed by atoms with E-state index in [0.717, 1.165) is 25.2 Å². The van der Waals surface area contributed by atoms with Crippen LogP contribution in [0.3, 0.4) is 0 Å². The van der Waals surface area contributed by atoms with Crippen LogP contribution in [0, 0.1) is 0 Å². The van der Waals surface area contributed by atoms with E-state index in [1.807, 2.05) is 12.1 Å². The summed E-state index contributed by atoms with van der Waals surface area (Å²) in [6.45, 7) is 1.73. The molecule has 2 aliphatic heterocycles. The molecule has 7 nitrogen and oxygen atoms in total. The van der Waals surface area contributed by atoms with Gasteiger partial charge in [0.05, 0.1) is 11.4 Å². The van der Waals surface area contributed by atoms with Gasteiger partial charge in [0.1, 0.15) is 12.3 Å². The highest BCUT2D eigenvalue weighted by Gasteiger charge is 2.27. The Morgan fingerprint density at radius 2 is 2.24 bits per heavy atom. The van der Waals surface area contributed by atoms with Crippen molar-refractivity contribution in [2.45, 2.75) is 13.0 Å². The highest BCUT2D eigenvalue weighted by Crippen LogP contribution is 2.31. The molecule has 0 spiro atoms. The van der Waals surface area contributed by atoms with Crippen molar-refractivity contribution >= 4 is 34.0 Å². The van der Waals surface area contributed by atoms with Gasteiger partial charge in [0.2, 0.25) is 5.91 Å². The first-order valence-electron chi connectivity index (χ1n) is 8.09. The molecule has 2 aliphatic rings. The number of aromatic nitrogens is 1. The van der Waals surface area contributed by atoms with Gasteiger partial charge >= 0.3 is 0 Å². The van der Waals surface area contributed by atoms with Crippen molar-refractivity contribution < 1.29 is 14.3 Å². The van der Waals surface area contributed by atoms with E-state index in [-0.39, 0.29) is 25.0 Å². The maximum atomic E-state index is 12.4. The van der Waals surface area contributed by atoms with Crippen LogP contribution in [0.4, 0.5) is 10.8 Å². The molecule has 0 saturated carbocycles. The summed E-state index contributed by atoms with van der Waals surface area (Å²) in [5.74, 6) is 0.126. The number of likely N-dealkylation sites (N-methyl/N-ethyl adjacent to an activating group) is 1. The monoisotopic (exact) mass is 358 g/mol. The molecule has 0 saturated heterocycles. The summed E-state index contributed by atoms with van der Waals surface area (Å²) in [5.41, 5.74) is 1.68. The van der Waals surface area contributed by atoms with Gasteiger partial charge in [-0.15, -0.1) is 11.3 Å². The lowest BCUT2D eigenvalue weighted by Gasteiger charge is -2.28. The highest BCUT2D eigenvalue weighted by atomic mass is 32.1. The molecule has 1 N–H and O–H groups in total. The van der Waals surface area contributed by atoms with E-state index in [9.17, 15) is 9.59 Å². The number of hydrogen-bond donors (Lipinski definition) is 1. The number of thiazole rings is 1. The molecule has 2 amide bonds. The van der Waals surface area contributed by atoms with Crippen LogP contribution in [0.15, 0.2) is 24.3 Å². The normalized spacial score (nSPS) is 16.8. The quantitative estimate of drug-likeness (QED) is 0.900. The molecule has 0 atom stereocenters. The molecule has 2 aromatic rings. The predicted molar refractivity (Wildman–Crippen MR) is 95.1 cm³/mol. The van der Waals surface area contributed by atoms with Crippen molar-refractivity contribution in [3.63, 3.8) is 0 Å². The molecule has 0 radical (unpaired) electrons. The Labute approximate surface area is 149 Å². The minimum atomic E-state index is -0.260. The second-order valence-electron chi connectivity index (χ2n) is 6.16. The van der Waals surface area contributed by atoms with Gasteiger partial charge in [-0.25, -0.2) is 4.98 Å². The molecule has 0 fully saturated rings. The van der Waals surface area contributed by atoms with E-state index >= 15 is 0 Å². The molecular formula is C17H18N4O3S. The van der Waals surface area contributed by atoms with E-state index in [0.29, 0.717) is 16.6 Å². The number of benzene rings is 1. The third-order valence-electron chi connectivity index (χ3n) is 4.28. The summed E-state index contributed by atoms with van der Waals surface area (Å²) in [6.07, 6.45) is 0.896. The number of carbonyl (C=O) groups excluding carboxylic acids is 2. The van der Waals surface area contributed by atoms with Crippen molar-refractivity contribution in [3.8, 4) is 5.75 Å². The van der Waals surface area contributed by atoms with Crippen LogP contribution in [-0.4, -0.2) is 48.4 Å². The summed E-state index contributed by atoms with van der Waals surface area (Å²) in [5, 5.41) is 3.42. The number of carbonyl (C=O) groups is 2. The fraction of sp³-hybridized carbons (Fsp3) is 0.353. The number of rotatable bonds is 3. The van der Waals surface area contributed by atoms with E-state index in [1.54, 1.807) is 12.1 Å². The first kappa shape index (κ1) is 16.0. The largest absolute Gasteiger partial charge is 0.482 e. The zero-order valence-electron chi connectivity index (χ0n) is 13.8. The Morgan fingerprint density at radius 1 is 1.40 bits per heavy atom. The van der Waals surface area contributed by atoms with Crippen molar-refractivity contribution in [2.24, 2.45) is 0 Å². The van der Waals surface area contributed by atoms with E-state index in [2.05, 4.69) is 22.2 Å². The molecular weight excluding hydrogens is 340 g/mol. The zero-order chi connectivity index (χ0) is 17.4. The third-order valence-corrected chi connectivity index (χ3v) is 5.28. The first-order valence-corrected chi connectivity index (χ1v) is 8.91. The van der Waals surface area contributed by atoms with Crippen LogP contribution < -0.4 is 15.0 Å². The van der Waals surface area contributed by atoms with Crippen LogP contribution in [0.2, 0.25) is 0 Å². The van der Waals surface area contributed by atoms with Gasteiger partial charge in [-0.3, -0.25) is 14.5 Å². The predicted octanol–water partition coefficient (Wildman–Crippen LogP) is 1.50. The van der Waals surface area contributed by atoms with Gasteiger partial charge < -0.3 is 15.0 Å². The van der Waals surface area contributed by atoms with E-state index in [4.69, 9.17) is 4.74 Å². The Kier molecular flexibility index (Phi) is 4.14. The molecule has 130 valence electrons. The molecule has 3 heterocycles. The Morgan fingerprint density at radius 3 is 3.12 bits per heavy atom. The lowest BCUT2D eigenvalue weighted by atomic mass is 10.2. The number of amides is 2. The van der Waals surface area contributed by atoms with Crippen LogP contribution >= 0.6 is 11.3 Å². The van der Waals surface area contributed by atoms with Crippen LogP contribution in [0.25, 0.3) is 0 Å². The summed E-state index contributed by atoms with van der Waals surface area (Å²) in [6, 6.07) is 7.22. The first-order chi connectivity index (χ1) is 12.1. The fourth-order valence-corrected chi connectivity index (χ4v) is 4.11. The van der Waals surface area contributed by atoms with Gasteiger partial charge in [0.15, 0.2) is 11.7 Å². The Bertz CT molecular complexity index is 835. The summed E-state index contributed by atoms with van der Waals surface area (Å²) in [7, 11) is 2.07. The Hall–Kier alpha value is -2.45. The fourth-order valence-electron chi connectivity index (χ4n) is 3.01. The number of nitrogens with one attached hydrogen (secondary N) is 1. The second-order valence-corrected chi connectivity index (χ2v) is 7.24. The van der Waals surface area contributed by atoms with Crippen LogP contribution in [0.5, 0.6) is 5.75 Å². The zero-order valence-corrected chi connectivity index (χ0v) is 14.6. The topological polar surface area (TPSA) is 74.8 Å². The summed E-state index contributed by atoms with van der Waals surface area (Å²) in [4.78, 5) is 34.0. The SMILES string of the molecule is CN1CCc2nc(NC(=O)CN3C(=O)COc4ccccc43)sc2C1. The standard InChI is InChI=1S/C17H18N4O3S/c1-20-7-6-11-14(8-20)25-17(18-11)19-15(22)9-21-12-4-2-3-5-13(12)24-10-16(21)23/h2-5H,6-10H2,1H3,(H,18,19,22). The second kappa shape index (κ2) is 6.45. The smallest absolute Gasteiger partial charge is 0.265 e. The number of nitrogens with zero attached hydrogens (tertiary/aromatic N) is 3. The third kappa shape index (κ3) is 3.22. The van der Waals surface area contributed by atoms with Crippen molar-refractivity contribution in [3.05, 3.63) is 34.8 Å². The highest BCUT2D eigenvalue weighted by molar-refractivity contribution is 7.15. The maximum Gasteiger partial charge on any atom is 0.265 e. The molecule has 0 bridgehead atoms. The number of para-hydroxylation sites is 2. The van der Waals surface area contributed by atoms with Gasteiger partial charge in [-0.05, 0) is 19.2 Å².